The maximum absolute atomic E-state index is 13.2. The summed E-state index contributed by atoms with van der Waals surface area (Å²) in [7, 11) is 0. The number of hydrogen-bond acceptors (Lipinski definition) is 3. The van der Waals surface area contributed by atoms with Crippen molar-refractivity contribution in [3.63, 3.8) is 0 Å². The predicted molar refractivity (Wildman–Crippen MR) is 64.0 cm³/mol. The van der Waals surface area contributed by atoms with Crippen molar-refractivity contribution in [1.29, 1.82) is 5.26 Å². The van der Waals surface area contributed by atoms with Gasteiger partial charge in [0.05, 0.1) is 18.2 Å². The number of halogens is 1. The lowest BCUT2D eigenvalue weighted by Crippen LogP contribution is -2.32. The minimum atomic E-state index is -0.358. The fourth-order valence-electron chi connectivity index (χ4n) is 2.05. The van der Waals surface area contributed by atoms with Crippen molar-refractivity contribution in [2.75, 3.05) is 19.6 Å². The number of nitrogens with one attached hydrogen (secondary N) is 1. The number of carbonyl (C=O) groups is 1. The summed E-state index contributed by atoms with van der Waals surface area (Å²) in [5.41, 5.74) is 1.09. The SMILES string of the molecule is N#Cc1ccc(F)cc1CN1CCCNC(=O)C1. The molecule has 18 heavy (non-hydrogen) atoms. The molecular weight excluding hydrogens is 233 g/mol. The van der Waals surface area contributed by atoms with E-state index in [1.165, 1.54) is 18.2 Å². The molecule has 1 heterocycles. The summed E-state index contributed by atoms with van der Waals surface area (Å²) in [5, 5.41) is 11.8. The quantitative estimate of drug-likeness (QED) is 0.849. The number of benzene rings is 1. The zero-order chi connectivity index (χ0) is 13.0. The summed E-state index contributed by atoms with van der Waals surface area (Å²) in [6.07, 6.45) is 0.864. The van der Waals surface area contributed by atoms with Crippen LogP contribution in [-0.4, -0.2) is 30.4 Å². The van der Waals surface area contributed by atoms with Gasteiger partial charge in [-0.25, -0.2) is 4.39 Å². The Bertz CT molecular complexity index is 495. The first-order valence-electron chi connectivity index (χ1n) is 5.86. The monoisotopic (exact) mass is 247 g/mol. The molecule has 0 aromatic heterocycles. The molecule has 0 spiro atoms. The smallest absolute Gasteiger partial charge is 0.234 e. The standard InChI is InChI=1S/C13H14FN3O/c14-12-3-2-10(7-15)11(6-12)8-17-5-1-4-16-13(18)9-17/h2-3,6H,1,4-5,8-9H2,(H,16,18). The molecule has 1 aromatic rings. The first-order valence-corrected chi connectivity index (χ1v) is 5.86. The molecule has 1 fully saturated rings. The Hall–Kier alpha value is -1.93. The van der Waals surface area contributed by atoms with Crippen LogP contribution in [0.15, 0.2) is 18.2 Å². The zero-order valence-electron chi connectivity index (χ0n) is 9.95. The van der Waals surface area contributed by atoms with Crippen LogP contribution in [-0.2, 0) is 11.3 Å². The first kappa shape index (κ1) is 12.5. The van der Waals surface area contributed by atoms with Gasteiger partial charge in [0, 0.05) is 19.6 Å². The van der Waals surface area contributed by atoms with Crippen molar-refractivity contribution >= 4 is 5.91 Å². The van der Waals surface area contributed by atoms with Crippen LogP contribution in [0.1, 0.15) is 17.5 Å². The van der Waals surface area contributed by atoms with Crippen LogP contribution >= 0.6 is 0 Å². The third kappa shape index (κ3) is 3.05. The van der Waals surface area contributed by atoms with Gasteiger partial charge in [0.25, 0.3) is 0 Å². The highest BCUT2D eigenvalue weighted by Crippen LogP contribution is 2.14. The Morgan fingerprint density at radius 3 is 3.11 bits per heavy atom. The number of amides is 1. The zero-order valence-corrected chi connectivity index (χ0v) is 9.95. The topological polar surface area (TPSA) is 56.1 Å². The summed E-state index contributed by atoms with van der Waals surface area (Å²) in [4.78, 5) is 13.3. The fraction of sp³-hybridized carbons (Fsp3) is 0.385. The minimum absolute atomic E-state index is 0.0255. The van der Waals surface area contributed by atoms with Crippen molar-refractivity contribution in [2.24, 2.45) is 0 Å². The summed E-state index contributed by atoms with van der Waals surface area (Å²) in [5.74, 6) is -0.384. The summed E-state index contributed by atoms with van der Waals surface area (Å²) in [6, 6.07) is 6.16. The molecule has 0 bridgehead atoms. The van der Waals surface area contributed by atoms with Crippen LogP contribution in [0.2, 0.25) is 0 Å². The molecule has 1 N–H and O–H groups in total. The molecule has 5 heteroatoms. The summed E-state index contributed by atoms with van der Waals surface area (Å²) >= 11 is 0. The highest BCUT2D eigenvalue weighted by molar-refractivity contribution is 5.78. The van der Waals surface area contributed by atoms with Crippen LogP contribution in [0.3, 0.4) is 0 Å². The van der Waals surface area contributed by atoms with Gasteiger partial charge >= 0.3 is 0 Å². The van der Waals surface area contributed by atoms with Crippen LogP contribution in [0.5, 0.6) is 0 Å². The Morgan fingerprint density at radius 2 is 2.33 bits per heavy atom. The van der Waals surface area contributed by atoms with E-state index in [1.54, 1.807) is 0 Å². The van der Waals surface area contributed by atoms with Gasteiger partial charge in [-0.3, -0.25) is 9.69 Å². The molecule has 1 aromatic carbocycles. The molecule has 0 aliphatic carbocycles. The average Bonchev–Trinajstić information content (AvgIpc) is 2.54. The lowest BCUT2D eigenvalue weighted by atomic mass is 10.1. The van der Waals surface area contributed by atoms with Crippen LogP contribution in [0, 0.1) is 17.1 Å². The Kier molecular flexibility index (Phi) is 3.90. The fourth-order valence-corrected chi connectivity index (χ4v) is 2.05. The normalized spacial score (nSPS) is 16.8. The molecule has 4 nitrogen and oxygen atoms in total. The number of nitriles is 1. The van der Waals surface area contributed by atoms with Crippen LogP contribution in [0.4, 0.5) is 4.39 Å². The van der Waals surface area contributed by atoms with Crippen LogP contribution in [0.25, 0.3) is 0 Å². The molecule has 0 unspecified atom stereocenters. The Morgan fingerprint density at radius 1 is 1.50 bits per heavy atom. The summed E-state index contributed by atoms with van der Waals surface area (Å²) in [6.45, 7) is 2.15. The molecule has 1 aliphatic heterocycles. The van der Waals surface area contributed by atoms with E-state index in [9.17, 15) is 9.18 Å². The van der Waals surface area contributed by atoms with Crippen molar-refractivity contribution in [1.82, 2.24) is 10.2 Å². The van der Waals surface area contributed by atoms with Crippen molar-refractivity contribution in [3.05, 3.63) is 35.1 Å². The Balaban J connectivity index is 2.15. The van der Waals surface area contributed by atoms with Crippen LogP contribution < -0.4 is 5.32 Å². The van der Waals surface area contributed by atoms with E-state index < -0.39 is 0 Å². The highest BCUT2D eigenvalue weighted by Gasteiger charge is 2.16. The molecule has 0 atom stereocenters. The predicted octanol–water partition coefficient (Wildman–Crippen LogP) is 1.02. The van der Waals surface area contributed by atoms with E-state index >= 15 is 0 Å². The third-order valence-electron chi connectivity index (χ3n) is 2.92. The van der Waals surface area contributed by atoms with E-state index in [1.807, 2.05) is 11.0 Å². The largest absolute Gasteiger partial charge is 0.355 e. The van der Waals surface area contributed by atoms with Crippen molar-refractivity contribution < 1.29 is 9.18 Å². The molecule has 0 saturated carbocycles. The number of hydrogen-bond donors (Lipinski definition) is 1. The molecule has 94 valence electrons. The van der Waals surface area contributed by atoms with Gasteiger partial charge in [-0.2, -0.15) is 5.26 Å². The van der Waals surface area contributed by atoms with Crippen molar-refractivity contribution in [2.45, 2.75) is 13.0 Å². The molecule has 0 radical (unpaired) electrons. The maximum Gasteiger partial charge on any atom is 0.234 e. The third-order valence-corrected chi connectivity index (χ3v) is 2.92. The van der Waals surface area contributed by atoms with E-state index in [2.05, 4.69) is 5.32 Å². The second kappa shape index (κ2) is 5.61. The highest BCUT2D eigenvalue weighted by atomic mass is 19.1. The van der Waals surface area contributed by atoms with Gasteiger partial charge in [0.15, 0.2) is 0 Å². The van der Waals surface area contributed by atoms with E-state index in [0.717, 1.165) is 13.0 Å². The molecule has 2 rings (SSSR count). The number of nitrogens with zero attached hydrogens (tertiary/aromatic N) is 2. The van der Waals surface area contributed by atoms with Gasteiger partial charge in [0.1, 0.15) is 5.82 Å². The molecule has 1 saturated heterocycles. The van der Waals surface area contributed by atoms with Crippen molar-refractivity contribution in [3.8, 4) is 6.07 Å². The van der Waals surface area contributed by atoms with Gasteiger partial charge in [0.2, 0.25) is 5.91 Å². The van der Waals surface area contributed by atoms with E-state index in [-0.39, 0.29) is 11.7 Å². The van der Waals surface area contributed by atoms with Gasteiger partial charge in [-0.05, 0) is 30.2 Å². The minimum Gasteiger partial charge on any atom is -0.355 e. The number of carbonyl (C=O) groups excluding carboxylic acids is 1. The van der Waals surface area contributed by atoms with Gasteiger partial charge in [-0.1, -0.05) is 0 Å². The van der Waals surface area contributed by atoms with Gasteiger partial charge in [-0.15, -0.1) is 0 Å². The van der Waals surface area contributed by atoms with E-state index in [4.69, 9.17) is 5.26 Å². The first-order chi connectivity index (χ1) is 8.69. The second-order valence-corrected chi connectivity index (χ2v) is 4.33. The second-order valence-electron chi connectivity index (χ2n) is 4.33. The summed E-state index contributed by atoms with van der Waals surface area (Å²) < 4.78 is 13.2. The molecule has 1 amide bonds. The lowest BCUT2D eigenvalue weighted by Gasteiger charge is -2.19. The molecular formula is C13H14FN3O. The van der Waals surface area contributed by atoms with E-state index in [0.29, 0.717) is 30.8 Å². The lowest BCUT2D eigenvalue weighted by molar-refractivity contribution is -0.121. The van der Waals surface area contributed by atoms with Gasteiger partial charge < -0.3 is 5.32 Å². The Labute approximate surface area is 105 Å². The average molecular weight is 247 g/mol. The maximum atomic E-state index is 13.2. The number of rotatable bonds is 2. The molecule has 1 aliphatic rings.